The van der Waals surface area contributed by atoms with Crippen LogP contribution < -0.4 is 0 Å². The fraction of sp³-hybridized carbons (Fsp3) is 1.00. The second-order valence-electron chi connectivity index (χ2n) is 10.4. The van der Waals surface area contributed by atoms with Crippen LogP contribution in [0.3, 0.4) is 0 Å². The first-order chi connectivity index (χ1) is 15.7. The van der Waals surface area contributed by atoms with E-state index in [9.17, 15) is 0 Å². The Labute approximate surface area is 214 Å². The summed E-state index contributed by atoms with van der Waals surface area (Å²) in [7, 11) is 0. The number of hydrogen-bond acceptors (Lipinski definition) is 0. The molecule has 0 saturated heterocycles. The predicted molar refractivity (Wildman–Crippen MR) is 151 cm³/mol. The highest BCUT2D eigenvalue weighted by molar-refractivity contribution is 6.20. The van der Waals surface area contributed by atoms with Gasteiger partial charge in [-0.05, 0) is 25.7 Å². The third-order valence-electron chi connectivity index (χ3n) is 7.03. The summed E-state index contributed by atoms with van der Waals surface area (Å²) in [5, 5.41) is 0.777. The van der Waals surface area contributed by atoms with Gasteiger partial charge in [-0.1, -0.05) is 155 Å². The van der Waals surface area contributed by atoms with Crippen LogP contribution in [0.2, 0.25) is 0 Å². The quantitative estimate of drug-likeness (QED) is 0.0791. The zero-order chi connectivity index (χ0) is 23.5. The van der Waals surface area contributed by atoms with Crippen molar-refractivity contribution in [2.75, 3.05) is 0 Å². The largest absolute Gasteiger partial charge is 0.123 e. The van der Waals surface area contributed by atoms with Crippen molar-refractivity contribution in [1.29, 1.82) is 0 Å². The van der Waals surface area contributed by atoms with Gasteiger partial charge in [0, 0.05) is 10.8 Å². The van der Waals surface area contributed by atoms with Gasteiger partial charge in [0.2, 0.25) is 0 Å². The van der Waals surface area contributed by atoms with Gasteiger partial charge >= 0.3 is 0 Å². The SMILES string of the molecule is CCCCCCCCCCCCC(Cl)CCCCC(Cl)CCCCCCCCCCCC. The molecule has 0 fully saturated rings. The smallest absolute Gasteiger partial charge is 0.0336 e. The number of hydrogen-bond donors (Lipinski definition) is 0. The van der Waals surface area contributed by atoms with Gasteiger partial charge in [0.25, 0.3) is 0 Å². The highest BCUT2D eigenvalue weighted by atomic mass is 35.5. The molecule has 0 aromatic carbocycles. The van der Waals surface area contributed by atoms with Crippen molar-refractivity contribution in [2.45, 2.75) is 192 Å². The van der Waals surface area contributed by atoms with Crippen LogP contribution >= 0.6 is 23.2 Å². The molecule has 2 atom stereocenters. The van der Waals surface area contributed by atoms with Crippen LogP contribution in [0.1, 0.15) is 181 Å². The summed E-state index contributed by atoms with van der Waals surface area (Å²) < 4.78 is 0. The van der Waals surface area contributed by atoms with E-state index in [0.717, 1.165) is 0 Å². The average molecular weight is 492 g/mol. The first-order valence-corrected chi connectivity index (χ1v) is 15.9. The topological polar surface area (TPSA) is 0 Å². The molecule has 0 radical (unpaired) electrons. The van der Waals surface area contributed by atoms with Crippen molar-refractivity contribution in [3.8, 4) is 0 Å². The Bertz CT molecular complexity index is 299. The molecule has 0 rings (SSSR count). The lowest BCUT2D eigenvalue weighted by molar-refractivity contribution is 0.519. The maximum absolute atomic E-state index is 6.55. The summed E-state index contributed by atoms with van der Waals surface area (Å²) >= 11 is 13.1. The summed E-state index contributed by atoms with van der Waals surface area (Å²) in [5.74, 6) is 0. The fourth-order valence-corrected chi connectivity index (χ4v) is 5.34. The molecule has 0 nitrogen and oxygen atoms in total. The van der Waals surface area contributed by atoms with E-state index in [0.29, 0.717) is 10.8 Å². The number of halogens is 2. The molecule has 0 heterocycles. The zero-order valence-electron chi connectivity index (χ0n) is 22.3. The van der Waals surface area contributed by atoms with Gasteiger partial charge in [-0.15, -0.1) is 23.2 Å². The third-order valence-corrected chi connectivity index (χ3v) is 7.90. The Kier molecular flexibility index (Phi) is 28.3. The molecule has 0 saturated carbocycles. The monoisotopic (exact) mass is 490 g/mol. The first-order valence-electron chi connectivity index (χ1n) is 15.0. The lowest BCUT2D eigenvalue weighted by Crippen LogP contribution is -2.02. The maximum atomic E-state index is 6.55. The van der Waals surface area contributed by atoms with Crippen LogP contribution in [0.4, 0.5) is 0 Å². The molecule has 194 valence electrons. The zero-order valence-corrected chi connectivity index (χ0v) is 23.8. The van der Waals surface area contributed by atoms with E-state index in [-0.39, 0.29) is 0 Å². The second kappa shape index (κ2) is 27.8. The van der Waals surface area contributed by atoms with Crippen molar-refractivity contribution >= 4 is 23.2 Å². The Balaban J connectivity index is 3.27. The first kappa shape index (κ1) is 32.6. The molecular weight excluding hydrogens is 431 g/mol. The van der Waals surface area contributed by atoms with Crippen LogP contribution in [-0.2, 0) is 0 Å². The van der Waals surface area contributed by atoms with Crippen LogP contribution in [-0.4, -0.2) is 10.8 Å². The van der Waals surface area contributed by atoms with E-state index in [1.54, 1.807) is 0 Å². The normalized spacial score (nSPS) is 13.5. The molecule has 32 heavy (non-hydrogen) atoms. The summed E-state index contributed by atoms with van der Waals surface area (Å²) in [5.41, 5.74) is 0. The molecule has 0 bridgehead atoms. The minimum Gasteiger partial charge on any atom is -0.123 e. The molecular formula is C30H60Cl2. The second-order valence-corrected chi connectivity index (χ2v) is 11.7. The molecule has 0 aliphatic heterocycles. The minimum atomic E-state index is 0.389. The van der Waals surface area contributed by atoms with Gasteiger partial charge in [-0.3, -0.25) is 0 Å². The Morgan fingerprint density at radius 2 is 0.500 bits per heavy atom. The van der Waals surface area contributed by atoms with Crippen LogP contribution in [0, 0.1) is 0 Å². The standard InChI is InChI=1S/C30H60Cl2/c1-3-5-7-9-11-13-15-17-19-21-25-29(31)27-23-24-28-30(32)26-22-20-18-16-14-12-10-8-6-4-2/h29-30H,3-28H2,1-2H3. The molecule has 0 amide bonds. The highest BCUT2D eigenvalue weighted by Crippen LogP contribution is 2.21. The maximum Gasteiger partial charge on any atom is 0.0336 e. The van der Waals surface area contributed by atoms with E-state index in [1.807, 2.05) is 0 Å². The summed E-state index contributed by atoms with van der Waals surface area (Å²) in [4.78, 5) is 0. The van der Waals surface area contributed by atoms with Gasteiger partial charge in [0.1, 0.15) is 0 Å². The van der Waals surface area contributed by atoms with Crippen LogP contribution in [0.15, 0.2) is 0 Å². The molecule has 2 unspecified atom stereocenters. The summed E-state index contributed by atoms with van der Waals surface area (Å²) in [6.45, 7) is 4.58. The Morgan fingerprint density at radius 3 is 0.750 bits per heavy atom. The van der Waals surface area contributed by atoms with E-state index in [2.05, 4.69) is 13.8 Å². The van der Waals surface area contributed by atoms with E-state index in [4.69, 9.17) is 23.2 Å². The van der Waals surface area contributed by atoms with Crippen molar-refractivity contribution in [3.05, 3.63) is 0 Å². The van der Waals surface area contributed by atoms with Crippen molar-refractivity contribution in [2.24, 2.45) is 0 Å². The fourth-order valence-electron chi connectivity index (χ4n) is 4.73. The third kappa shape index (κ3) is 26.8. The Hall–Kier alpha value is 0.580. The molecule has 0 aliphatic rings. The van der Waals surface area contributed by atoms with Gasteiger partial charge in [0.05, 0.1) is 0 Å². The van der Waals surface area contributed by atoms with Gasteiger partial charge in [-0.2, -0.15) is 0 Å². The van der Waals surface area contributed by atoms with Crippen molar-refractivity contribution < 1.29 is 0 Å². The lowest BCUT2D eigenvalue weighted by Gasteiger charge is -2.11. The number of rotatable bonds is 27. The van der Waals surface area contributed by atoms with Gasteiger partial charge in [0.15, 0.2) is 0 Å². The molecule has 2 heteroatoms. The van der Waals surface area contributed by atoms with E-state index >= 15 is 0 Å². The predicted octanol–water partition coefficient (Wildman–Crippen LogP) is 12.4. The number of unbranched alkanes of at least 4 members (excludes halogenated alkanes) is 19. The van der Waals surface area contributed by atoms with Crippen molar-refractivity contribution in [1.82, 2.24) is 0 Å². The van der Waals surface area contributed by atoms with Crippen LogP contribution in [0.25, 0.3) is 0 Å². The van der Waals surface area contributed by atoms with E-state index < -0.39 is 0 Å². The highest BCUT2D eigenvalue weighted by Gasteiger charge is 2.07. The lowest BCUT2D eigenvalue weighted by atomic mass is 10.0. The number of alkyl halides is 2. The molecule has 0 aliphatic carbocycles. The molecule has 0 N–H and O–H groups in total. The molecule has 0 aromatic heterocycles. The minimum absolute atomic E-state index is 0.389. The summed E-state index contributed by atoms with van der Waals surface area (Å²) in [6.07, 6.45) is 35.4. The van der Waals surface area contributed by atoms with Crippen molar-refractivity contribution in [3.63, 3.8) is 0 Å². The molecule has 0 aromatic rings. The Morgan fingerprint density at radius 1 is 0.312 bits per heavy atom. The van der Waals surface area contributed by atoms with Crippen LogP contribution in [0.5, 0.6) is 0 Å². The molecule has 0 spiro atoms. The van der Waals surface area contributed by atoms with E-state index in [1.165, 1.54) is 167 Å². The summed E-state index contributed by atoms with van der Waals surface area (Å²) in [6, 6.07) is 0. The average Bonchev–Trinajstić information content (AvgIpc) is 2.79. The van der Waals surface area contributed by atoms with Gasteiger partial charge < -0.3 is 0 Å². The van der Waals surface area contributed by atoms with Gasteiger partial charge in [-0.25, -0.2) is 0 Å².